The fourth-order valence-corrected chi connectivity index (χ4v) is 1.52. The summed E-state index contributed by atoms with van der Waals surface area (Å²) in [6.45, 7) is 2.09. The summed E-state index contributed by atoms with van der Waals surface area (Å²) in [4.78, 5) is 11.4. The molecule has 4 heteroatoms. The minimum absolute atomic E-state index is 0.328. The van der Waals surface area contributed by atoms with E-state index in [4.69, 9.17) is 10.5 Å². The molecular formula is C11H15NO2S. The number of benzene rings is 1. The minimum atomic E-state index is -0.726. The van der Waals surface area contributed by atoms with Crippen LogP contribution in [0.15, 0.2) is 30.3 Å². The van der Waals surface area contributed by atoms with Crippen LogP contribution in [-0.2, 0) is 9.53 Å². The number of thiol groups is 1. The van der Waals surface area contributed by atoms with Crippen LogP contribution in [0, 0.1) is 0 Å². The fourth-order valence-electron chi connectivity index (χ4n) is 1.22. The van der Waals surface area contributed by atoms with E-state index in [0.29, 0.717) is 6.61 Å². The van der Waals surface area contributed by atoms with Crippen LogP contribution in [0.2, 0.25) is 0 Å². The molecule has 0 aromatic heterocycles. The van der Waals surface area contributed by atoms with Gasteiger partial charge in [0.25, 0.3) is 0 Å². The third kappa shape index (κ3) is 3.25. The number of carbonyl (C=O) groups is 1. The molecule has 0 radical (unpaired) electrons. The van der Waals surface area contributed by atoms with Crippen LogP contribution >= 0.6 is 12.6 Å². The Morgan fingerprint density at radius 2 is 2.07 bits per heavy atom. The van der Waals surface area contributed by atoms with E-state index in [1.54, 1.807) is 6.92 Å². The summed E-state index contributed by atoms with van der Waals surface area (Å²) >= 11 is 4.32. The number of ether oxygens (including phenoxy) is 1. The van der Waals surface area contributed by atoms with Crippen LogP contribution in [0.4, 0.5) is 0 Å². The Hall–Kier alpha value is -1.00. The first-order valence-electron chi connectivity index (χ1n) is 4.82. The van der Waals surface area contributed by atoms with Crippen molar-refractivity contribution in [1.29, 1.82) is 0 Å². The molecule has 0 aliphatic carbocycles. The molecule has 82 valence electrons. The first-order valence-corrected chi connectivity index (χ1v) is 5.33. The van der Waals surface area contributed by atoms with E-state index < -0.39 is 12.0 Å². The highest BCUT2D eigenvalue weighted by Gasteiger charge is 2.23. The van der Waals surface area contributed by atoms with Crippen LogP contribution in [0.1, 0.15) is 17.7 Å². The summed E-state index contributed by atoms with van der Waals surface area (Å²) in [5, 5.41) is -0.328. The molecule has 0 amide bonds. The zero-order chi connectivity index (χ0) is 11.3. The lowest BCUT2D eigenvalue weighted by molar-refractivity contribution is -0.144. The van der Waals surface area contributed by atoms with Crippen molar-refractivity contribution in [2.24, 2.45) is 5.73 Å². The van der Waals surface area contributed by atoms with Gasteiger partial charge in [0.1, 0.15) is 6.04 Å². The maximum Gasteiger partial charge on any atom is 0.324 e. The molecule has 1 rings (SSSR count). The van der Waals surface area contributed by atoms with E-state index in [1.807, 2.05) is 30.3 Å². The zero-order valence-corrected chi connectivity index (χ0v) is 9.48. The summed E-state index contributed by atoms with van der Waals surface area (Å²) in [7, 11) is 0. The Bertz CT molecular complexity index is 316. The molecule has 1 aromatic rings. The standard InChI is InChI=1S/C11H15NO2S/c1-2-14-11(13)9(12)10(15)8-6-4-3-5-7-8/h3-7,9-10,15H,2,12H2,1H3/t9-,10-/m0/s1. The van der Waals surface area contributed by atoms with Gasteiger partial charge in [-0.3, -0.25) is 4.79 Å². The molecule has 15 heavy (non-hydrogen) atoms. The molecular weight excluding hydrogens is 210 g/mol. The summed E-state index contributed by atoms with van der Waals surface area (Å²) in [5.41, 5.74) is 6.65. The van der Waals surface area contributed by atoms with Gasteiger partial charge < -0.3 is 10.5 Å². The first kappa shape index (κ1) is 12.1. The fraction of sp³-hybridized carbons (Fsp3) is 0.364. The number of esters is 1. The molecule has 0 aliphatic heterocycles. The molecule has 1 aromatic carbocycles. The molecule has 2 atom stereocenters. The second-order valence-electron chi connectivity index (χ2n) is 3.13. The third-order valence-electron chi connectivity index (χ3n) is 2.04. The van der Waals surface area contributed by atoms with Crippen LogP contribution < -0.4 is 5.73 Å². The molecule has 0 saturated heterocycles. The summed E-state index contributed by atoms with van der Waals surface area (Å²) < 4.78 is 4.83. The molecule has 0 saturated carbocycles. The van der Waals surface area contributed by atoms with Crippen LogP contribution in [0.25, 0.3) is 0 Å². The van der Waals surface area contributed by atoms with E-state index in [0.717, 1.165) is 5.56 Å². The van der Waals surface area contributed by atoms with Crippen LogP contribution in [0.3, 0.4) is 0 Å². The highest BCUT2D eigenvalue weighted by molar-refractivity contribution is 7.80. The van der Waals surface area contributed by atoms with Crippen molar-refractivity contribution in [2.45, 2.75) is 18.2 Å². The minimum Gasteiger partial charge on any atom is -0.465 e. The number of hydrogen-bond donors (Lipinski definition) is 2. The van der Waals surface area contributed by atoms with Gasteiger partial charge in [0.05, 0.1) is 11.9 Å². The van der Waals surface area contributed by atoms with Crippen LogP contribution in [-0.4, -0.2) is 18.6 Å². The largest absolute Gasteiger partial charge is 0.465 e. The van der Waals surface area contributed by atoms with Crippen molar-refractivity contribution in [3.05, 3.63) is 35.9 Å². The van der Waals surface area contributed by atoms with E-state index in [-0.39, 0.29) is 5.25 Å². The van der Waals surface area contributed by atoms with Crippen LogP contribution in [0.5, 0.6) is 0 Å². The molecule has 0 heterocycles. The Morgan fingerprint density at radius 1 is 1.47 bits per heavy atom. The van der Waals surface area contributed by atoms with Crippen molar-refractivity contribution in [3.63, 3.8) is 0 Å². The number of nitrogens with two attached hydrogens (primary N) is 1. The molecule has 2 N–H and O–H groups in total. The predicted molar refractivity (Wildman–Crippen MR) is 62.8 cm³/mol. The Morgan fingerprint density at radius 3 is 2.60 bits per heavy atom. The van der Waals surface area contributed by atoms with Gasteiger partial charge in [0.2, 0.25) is 0 Å². The normalized spacial score (nSPS) is 14.3. The van der Waals surface area contributed by atoms with Crippen molar-refractivity contribution in [3.8, 4) is 0 Å². The summed E-state index contributed by atoms with van der Waals surface area (Å²) in [6, 6.07) is 8.72. The number of hydrogen-bond acceptors (Lipinski definition) is 4. The predicted octanol–water partition coefficient (Wildman–Crippen LogP) is 1.55. The van der Waals surface area contributed by atoms with Gasteiger partial charge >= 0.3 is 5.97 Å². The topological polar surface area (TPSA) is 52.3 Å². The lowest BCUT2D eigenvalue weighted by Gasteiger charge is -2.17. The Balaban J connectivity index is 2.68. The van der Waals surface area contributed by atoms with Gasteiger partial charge in [-0.2, -0.15) is 12.6 Å². The SMILES string of the molecule is CCOC(=O)[C@@H](N)[C@@H](S)c1ccccc1. The van der Waals surface area contributed by atoms with Crippen molar-refractivity contribution < 1.29 is 9.53 Å². The molecule has 0 spiro atoms. The average molecular weight is 225 g/mol. The van der Waals surface area contributed by atoms with Gasteiger partial charge in [0, 0.05) is 0 Å². The average Bonchev–Trinajstić information content (AvgIpc) is 2.28. The number of rotatable bonds is 4. The Kier molecular flexibility index (Phi) is 4.65. The summed E-state index contributed by atoms with van der Waals surface area (Å²) in [6.07, 6.45) is 0. The van der Waals surface area contributed by atoms with E-state index >= 15 is 0 Å². The van der Waals surface area contributed by atoms with Crippen molar-refractivity contribution >= 4 is 18.6 Å². The van der Waals surface area contributed by atoms with E-state index in [2.05, 4.69) is 12.6 Å². The van der Waals surface area contributed by atoms with Crippen molar-refractivity contribution in [2.75, 3.05) is 6.61 Å². The van der Waals surface area contributed by atoms with E-state index in [9.17, 15) is 4.79 Å². The quantitative estimate of drug-likeness (QED) is 0.604. The van der Waals surface area contributed by atoms with Gasteiger partial charge in [-0.05, 0) is 12.5 Å². The smallest absolute Gasteiger partial charge is 0.324 e. The van der Waals surface area contributed by atoms with Gasteiger partial charge in [-0.1, -0.05) is 30.3 Å². The summed E-state index contributed by atoms with van der Waals surface area (Å²) in [5.74, 6) is -0.415. The van der Waals surface area contributed by atoms with E-state index in [1.165, 1.54) is 0 Å². The molecule has 0 unspecified atom stereocenters. The number of carbonyl (C=O) groups excluding carboxylic acids is 1. The molecule has 0 bridgehead atoms. The highest BCUT2D eigenvalue weighted by atomic mass is 32.1. The lowest BCUT2D eigenvalue weighted by atomic mass is 10.1. The first-order chi connectivity index (χ1) is 7.16. The molecule has 3 nitrogen and oxygen atoms in total. The molecule has 0 aliphatic rings. The monoisotopic (exact) mass is 225 g/mol. The lowest BCUT2D eigenvalue weighted by Crippen LogP contribution is -2.36. The second-order valence-corrected chi connectivity index (χ2v) is 3.69. The highest BCUT2D eigenvalue weighted by Crippen LogP contribution is 2.22. The zero-order valence-electron chi connectivity index (χ0n) is 8.59. The van der Waals surface area contributed by atoms with Gasteiger partial charge in [-0.25, -0.2) is 0 Å². The Labute approximate surface area is 95.0 Å². The van der Waals surface area contributed by atoms with Gasteiger partial charge in [-0.15, -0.1) is 0 Å². The third-order valence-corrected chi connectivity index (χ3v) is 2.66. The maximum atomic E-state index is 11.4. The maximum absolute atomic E-state index is 11.4. The second kappa shape index (κ2) is 5.78. The molecule has 0 fully saturated rings. The van der Waals surface area contributed by atoms with Gasteiger partial charge in [0.15, 0.2) is 0 Å². The van der Waals surface area contributed by atoms with Crippen molar-refractivity contribution in [1.82, 2.24) is 0 Å².